The number of hydrogen-bond donors (Lipinski definition) is 1. The second-order valence-electron chi connectivity index (χ2n) is 7.19. The van der Waals surface area contributed by atoms with E-state index in [9.17, 15) is 14.4 Å². The molecule has 0 aliphatic carbocycles. The minimum Gasteiger partial charge on any atom is -0.484 e. The molecule has 160 valence electrons. The van der Waals surface area contributed by atoms with Crippen LogP contribution in [0.25, 0.3) is 0 Å². The van der Waals surface area contributed by atoms with Crippen molar-refractivity contribution < 1.29 is 23.9 Å². The predicted molar refractivity (Wildman–Crippen MR) is 110 cm³/mol. The lowest BCUT2D eigenvalue weighted by molar-refractivity contribution is -0.146. The van der Waals surface area contributed by atoms with Crippen LogP contribution in [0.5, 0.6) is 5.75 Å². The van der Waals surface area contributed by atoms with E-state index in [4.69, 9.17) is 21.1 Å². The average Bonchev–Trinajstić information content (AvgIpc) is 2.69. The highest BCUT2D eigenvalue weighted by molar-refractivity contribution is 6.32. The van der Waals surface area contributed by atoms with Crippen molar-refractivity contribution in [3.8, 4) is 5.75 Å². The van der Waals surface area contributed by atoms with Crippen molar-refractivity contribution >= 4 is 29.4 Å². The maximum atomic E-state index is 12.2. The van der Waals surface area contributed by atoms with Crippen LogP contribution >= 0.6 is 11.6 Å². The fourth-order valence-corrected chi connectivity index (χ4v) is 3.39. The fourth-order valence-electron chi connectivity index (χ4n) is 3.28. The molecule has 1 fully saturated rings. The highest BCUT2D eigenvalue weighted by atomic mass is 35.5. The summed E-state index contributed by atoms with van der Waals surface area (Å²) in [6.45, 7) is 6.89. The van der Waals surface area contributed by atoms with Crippen molar-refractivity contribution in [3.05, 3.63) is 28.3 Å². The zero-order chi connectivity index (χ0) is 21.4. The van der Waals surface area contributed by atoms with Gasteiger partial charge in [-0.15, -0.1) is 0 Å². The Morgan fingerprint density at radius 2 is 1.76 bits per heavy atom. The molecule has 1 aliphatic rings. The van der Waals surface area contributed by atoms with Gasteiger partial charge in [-0.3, -0.25) is 14.4 Å². The molecule has 1 aromatic rings. The van der Waals surface area contributed by atoms with Gasteiger partial charge < -0.3 is 19.7 Å². The summed E-state index contributed by atoms with van der Waals surface area (Å²) in [6.07, 6.45) is 1.61. The van der Waals surface area contributed by atoms with Crippen LogP contribution in [0.1, 0.15) is 43.7 Å². The molecule has 0 unspecified atom stereocenters. The summed E-state index contributed by atoms with van der Waals surface area (Å²) in [5, 5.41) is 3.65. The third-order valence-electron chi connectivity index (χ3n) is 4.84. The Bertz CT molecular complexity index is 722. The number of piperidine rings is 1. The number of nitrogens with one attached hydrogen (secondary N) is 1. The van der Waals surface area contributed by atoms with E-state index in [1.165, 1.54) is 0 Å². The maximum absolute atomic E-state index is 12.2. The Labute approximate surface area is 176 Å². The molecular formula is C21H29ClN2O5. The van der Waals surface area contributed by atoms with Crippen molar-refractivity contribution in [1.82, 2.24) is 10.2 Å². The molecule has 2 rings (SSSR count). The van der Waals surface area contributed by atoms with E-state index in [0.29, 0.717) is 43.3 Å². The third-order valence-corrected chi connectivity index (χ3v) is 5.44. The third kappa shape index (κ3) is 7.24. The molecule has 1 saturated heterocycles. The lowest BCUT2D eigenvalue weighted by Crippen LogP contribution is -2.47. The minimum absolute atomic E-state index is 0.00824. The van der Waals surface area contributed by atoms with Crippen LogP contribution in [-0.2, 0) is 19.1 Å². The quantitative estimate of drug-likeness (QED) is 0.648. The summed E-state index contributed by atoms with van der Waals surface area (Å²) >= 11 is 6.14. The summed E-state index contributed by atoms with van der Waals surface area (Å²) in [4.78, 5) is 37.5. The average molecular weight is 425 g/mol. The van der Waals surface area contributed by atoms with E-state index < -0.39 is 0 Å². The zero-order valence-corrected chi connectivity index (χ0v) is 18.0. The van der Waals surface area contributed by atoms with Crippen molar-refractivity contribution in [3.63, 3.8) is 0 Å². The van der Waals surface area contributed by atoms with Crippen LogP contribution < -0.4 is 10.1 Å². The van der Waals surface area contributed by atoms with Crippen LogP contribution in [0.4, 0.5) is 0 Å². The molecule has 7 nitrogen and oxygen atoms in total. The molecule has 1 heterocycles. The highest BCUT2D eigenvalue weighted by Crippen LogP contribution is 2.25. The monoisotopic (exact) mass is 424 g/mol. The van der Waals surface area contributed by atoms with Gasteiger partial charge in [0.25, 0.3) is 5.91 Å². The Kier molecular flexibility index (Phi) is 8.76. The Morgan fingerprint density at radius 3 is 2.34 bits per heavy atom. The number of rotatable bonds is 8. The first kappa shape index (κ1) is 23.0. The van der Waals surface area contributed by atoms with E-state index in [2.05, 4.69) is 5.32 Å². The van der Waals surface area contributed by atoms with Crippen LogP contribution in [0, 0.1) is 13.8 Å². The fraction of sp³-hybridized carbons (Fsp3) is 0.571. The zero-order valence-electron chi connectivity index (χ0n) is 17.3. The maximum Gasteiger partial charge on any atom is 0.306 e. The predicted octanol–water partition coefficient (Wildman–Crippen LogP) is 2.79. The molecule has 29 heavy (non-hydrogen) atoms. The number of likely N-dealkylation sites (tertiary alicyclic amines) is 1. The number of esters is 1. The first-order chi connectivity index (χ1) is 13.8. The van der Waals surface area contributed by atoms with Crippen LogP contribution in [0.3, 0.4) is 0 Å². The van der Waals surface area contributed by atoms with E-state index in [0.717, 1.165) is 11.1 Å². The van der Waals surface area contributed by atoms with E-state index in [-0.39, 0.29) is 43.3 Å². The lowest BCUT2D eigenvalue weighted by atomic mass is 10.0. The number of hydrogen-bond acceptors (Lipinski definition) is 5. The summed E-state index contributed by atoms with van der Waals surface area (Å²) in [7, 11) is 0. The van der Waals surface area contributed by atoms with Gasteiger partial charge >= 0.3 is 5.97 Å². The van der Waals surface area contributed by atoms with E-state index in [1.54, 1.807) is 11.8 Å². The van der Waals surface area contributed by atoms with Gasteiger partial charge in [0, 0.05) is 30.6 Å². The molecular weight excluding hydrogens is 396 g/mol. The van der Waals surface area contributed by atoms with Crippen LogP contribution in [0.2, 0.25) is 5.02 Å². The number of aryl methyl sites for hydroxylation is 2. The van der Waals surface area contributed by atoms with Gasteiger partial charge in [0.2, 0.25) is 5.91 Å². The van der Waals surface area contributed by atoms with Crippen molar-refractivity contribution in [2.24, 2.45) is 0 Å². The summed E-state index contributed by atoms with van der Waals surface area (Å²) in [5.74, 6) is 0.0117. The van der Waals surface area contributed by atoms with Crippen LogP contribution in [-0.4, -0.2) is 55.0 Å². The molecule has 0 atom stereocenters. The number of amides is 2. The molecule has 0 bridgehead atoms. The first-order valence-electron chi connectivity index (χ1n) is 9.92. The van der Waals surface area contributed by atoms with Gasteiger partial charge in [-0.25, -0.2) is 0 Å². The first-order valence-corrected chi connectivity index (χ1v) is 10.3. The Morgan fingerprint density at radius 1 is 1.14 bits per heavy atom. The molecule has 0 spiro atoms. The normalized spacial score (nSPS) is 14.4. The van der Waals surface area contributed by atoms with Gasteiger partial charge in [-0.1, -0.05) is 11.6 Å². The lowest BCUT2D eigenvalue weighted by Gasteiger charge is -2.32. The Hall–Kier alpha value is -2.28. The molecule has 8 heteroatoms. The number of nitrogens with zero attached hydrogens (tertiary/aromatic N) is 1. The van der Waals surface area contributed by atoms with Crippen LogP contribution in [0.15, 0.2) is 12.1 Å². The second-order valence-corrected chi connectivity index (χ2v) is 7.57. The smallest absolute Gasteiger partial charge is 0.306 e. The number of carbonyl (C=O) groups is 3. The van der Waals surface area contributed by atoms with E-state index >= 15 is 0 Å². The standard InChI is InChI=1S/C21H29ClN2O5/c1-4-28-20(27)6-5-19(26)24-9-7-16(8-10-24)23-18(25)13-29-17-11-14(2)21(22)15(3)12-17/h11-12,16H,4-10,13H2,1-3H3,(H,23,25). The highest BCUT2D eigenvalue weighted by Gasteiger charge is 2.24. The molecule has 2 amide bonds. The summed E-state index contributed by atoms with van der Waals surface area (Å²) in [5.41, 5.74) is 1.81. The van der Waals surface area contributed by atoms with Gasteiger partial charge in [0.15, 0.2) is 6.61 Å². The molecule has 1 N–H and O–H groups in total. The number of ether oxygens (including phenoxy) is 2. The summed E-state index contributed by atoms with van der Waals surface area (Å²) < 4.78 is 10.4. The van der Waals surface area contributed by atoms with E-state index in [1.807, 2.05) is 26.0 Å². The van der Waals surface area contributed by atoms with Gasteiger partial charge in [-0.05, 0) is 56.9 Å². The molecule has 0 radical (unpaired) electrons. The topological polar surface area (TPSA) is 84.9 Å². The van der Waals surface area contributed by atoms with Gasteiger partial charge in [0.1, 0.15) is 5.75 Å². The molecule has 0 saturated carbocycles. The Balaban J connectivity index is 1.70. The number of benzene rings is 1. The van der Waals surface area contributed by atoms with Gasteiger partial charge in [-0.2, -0.15) is 0 Å². The van der Waals surface area contributed by atoms with Crippen molar-refractivity contribution in [1.29, 1.82) is 0 Å². The van der Waals surface area contributed by atoms with Crippen molar-refractivity contribution in [2.45, 2.75) is 52.5 Å². The molecule has 0 aromatic heterocycles. The SMILES string of the molecule is CCOC(=O)CCC(=O)N1CCC(NC(=O)COc2cc(C)c(Cl)c(C)c2)CC1. The largest absolute Gasteiger partial charge is 0.484 e. The minimum atomic E-state index is -0.353. The summed E-state index contributed by atoms with van der Waals surface area (Å²) in [6, 6.07) is 3.63. The van der Waals surface area contributed by atoms with Crippen molar-refractivity contribution in [2.75, 3.05) is 26.3 Å². The number of carbonyl (C=O) groups excluding carboxylic acids is 3. The number of halogens is 1. The molecule has 1 aliphatic heterocycles. The molecule has 1 aromatic carbocycles. The second kappa shape index (κ2) is 11.0. The van der Waals surface area contributed by atoms with Gasteiger partial charge in [0.05, 0.1) is 13.0 Å².